The Hall–Kier alpha value is 19.9. The quantitative estimate of drug-likeness (QED) is 0.0563. The van der Waals surface area contributed by atoms with Crippen LogP contribution in [0.15, 0.2) is 37.0 Å². The number of hydrogen-bond acceptors (Lipinski definition) is 7. The number of allylic oxidation sites excluding steroid dienone is 1. The lowest BCUT2D eigenvalue weighted by molar-refractivity contribution is -0.191. The number of nitrogens with one attached hydrogen (secondary N) is 1. The monoisotopic (exact) mass is 2240 g/mol. The van der Waals surface area contributed by atoms with E-state index in [0.717, 1.165) is 20.0 Å². The van der Waals surface area contributed by atoms with Crippen molar-refractivity contribution < 1.29 is 33.4 Å². The van der Waals surface area contributed by atoms with Gasteiger partial charge in [0.05, 0.1) is 18.2 Å². The minimum Gasteiger partial charge on any atom is -0.444 e. The van der Waals surface area contributed by atoms with E-state index in [1.54, 1.807) is 11.0 Å². The summed E-state index contributed by atoms with van der Waals surface area (Å²) >= 11 is 0. The largest absolute Gasteiger partial charge is 0.444 e. The zero-order valence-corrected chi connectivity index (χ0v) is 108. The fourth-order valence-electron chi connectivity index (χ4n) is 6.58. The molecule has 0 radical (unpaired) electrons. The summed E-state index contributed by atoms with van der Waals surface area (Å²) in [5.41, 5.74) is -0.475. The number of hydrogen-bond donors (Lipinski definition) is 1. The third-order valence-electron chi connectivity index (χ3n) is 9.39. The fraction of sp³-hybridized carbons (Fsp3) is 0.690. The molecule has 0 aliphatic carbocycles. The number of carbonyl (C=O) groups is 2. The Balaban J connectivity index is -0.000000555. The van der Waals surface area contributed by atoms with Crippen molar-refractivity contribution in [2.45, 2.75) is 131 Å². The van der Waals surface area contributed by atoms with Crippen LogP contribution in [-0.2, 0) is 23.8 Å². The molecule has 35 atom stereocenters. The Morgan fingerprint density at radius 3 is 1.09 bits per heavy atom. The Kier molecular flexibility index (Phi) is 82.2. The van der Waals surface area contributed by atoms with Crippen LogP contribution in [0.2, 0.25) is 0 Å². The van der Waals surface area contributed by atoms with E-state index >= 15 is 0 Å². The van der Waals surface area contributed by atoms with Crippen molar-refractivity contribution in [3.8, 4) is 0 Å². The summed E-state index contributed by atoms with van der Waals surface area (Å²) in [4.78, 5) is 41.9. The molecule has 1 saturated heterocycles. The molecule has 2 amide bonds. The molecular formula is C29H107N2O7P53. The van der Waals surface area contributed by atoms with Gasteiger partial charge in [0.2, 0.25) is 0 Å². The lowest BCUT2D eigenvalue weighted by atomic mass is 10.0. The van der Waals surface area contributed by atoms with E-state index in [1.807, 2.05) is 75.3 Å². The maximum absolute atomic E-state index is 12.3. The van der Waals surface area contributed by atoms with Crippen LogP contribution in [0.4, 0.5) is 9.59 Å². The summed E-state index contributed by atoms with van der Waals surface area (Å²) in [5.74, 6) is 0. The lowest BCUT2D eigenvalue weighted by Gasteiger charge is -2.50. The number of alkyl carbamates (subject to hydrolysis) is 1. The first-order valence-corrected chi connectivity index (χ1v) is 120. The predicted molar refractivity (Wildman–Crippen MR) is 595 cm³/mol. The van der Waals surface area contributed by atoms with Crippen LogP contribution in [0.1, 0.15) is 95.4 Å². The van der Waals surface area contributed by atoms with Crippen molar-refractivity contribution in [3.05, 3.63) is 37.0 Å². The molecule has 0 bridgehead atoms. The molecular weight excluding hydrogens is 2130 g/mol. The molecule has 1 N–H and O–H groups in total. The first kappa shape index (κ1) is 117. The van der Waals surface area contributed by atoms with Gasteiger partial charge in [0.1, 0.15) is 16.9 Å². The number of carbonyl (C=O) groups excluding carboxylic acids is 4. The van der Waals surface area contributed by atoms with E-state index in [2.05, 4.69) is 281 Å². The first-order chi connectivity index (χ1) is 41.3. The minimum absolute atomic E-state index is 0.0165. The Morgan fingerprint density at radius 2 is 0.835 bits per heavy atom. The number of ether oxygens (including phenoxy) is 3. The summed E-state index contributed by atoms with van der Waals surface area (Å²) in [5, 5.41) is 2.86. The van der Waals surface area contributed by atoms with Gasteiger partial charge in [0.25, 0.3) is 0 Å². The molecule has 1 rings (SSSR count). The molecule has 1 heterocycles. The van der Waals surface area contributed by atoms with Crippen molar-refractivity contribution >= 4 is 444 Å². The molecule has 0 aromatic rings. The van der Waals surface area contributed by atoms with Crippen molar-refractivity contribution in [2.24, 2.45) is 0 Å². The summed E-state index contributed by atoms with van der Waals surface area (Å²) in [7, 11) is 91.9. The minimum atomic E-state index is -0.643. The standard InChI is InChI=1S/C14H25NO3.C14H25NO2.CO2.H29P27.H28P26/c1-8-9-11-10(2)17-14(6,7)15(11)12(16)18-13(3,4)5;1-7-9-11(3)12(10-8-2)15-13(16)17-14(4,5)6;2-1-3;1-15-22(14)26(23(16(2)3)17(4)5)27(24(18(6)7)19(8)9)25(20(10)11)21(12)13;1-15(2)22(16(3)4)25(21(13)14)26(23(17(5)6)18(7)8)24(19(9)10)20(11)12/h8,10-11H,1,9H2,2-7H3;8-9,12H,2,7,10H2,1,3-6H3,(H,15,16);;15H,1-14H2;1-14H2/b;11-9+;;;/t10-,11-;12-;;;/m00.../s1. The average Bonchev–Trinajstić information content (AvgIpc) is 3.58. The van der Waals surface area contributed by atoms with E-state index in [-0.39, 0.29) is 204 Å². The van der Waals surface area contributed by atoms with Crippen LogP contribution in [0.25, 0.3) is 0 Å². The van der Waals surface area contributed by atoms with Crippen molar-refractivity contribution in [2.75, 3.05) is 0 Å². The third-order valence-corrected chi connectivity index (χ3v) is 353. The van der Waals surface area contributed by atoms with Gasteiger partial charge in [0, 0.05) is 0 Å². The lowest BCUT2D eigenvalue weighted by Crippen LogP contribution is -2.50. The molecule has 1 aliphatic heterocycles. The maximum Gasteiger partial charge on any atom is 0.412 e. The van der Waals surface area contributed by atoms with E-state index in [1.165, 1.54) is 0 Å². The Morgan fingerprint density at radius 1 is 0.549 bits per heavy atom. The molecule has 32 unspecified atom stereocenters. The van der Waals surface area contributed by atoms with Gasteiger partial charge in [-0.2, -0.15) is 9.59 Å². The van der Waals surface area contributed by atoms with Gasteiger partial charge >= 0.3 is 18.3 Å². The second-order valence-corrected chi connectivity index (χ2v) is 230. The second kappa shape index (κ2) is 63.8. The number of rotatable bonds is 30. The molecule has 0 aromatic carbocycles. The van der Waals surface area contributed by atoms with E-state index in [9.17, 15) is 9.59 Å². The molecule has 1 aliphatic rings. The van der Waals surface area contributed by atoms with Gasteiger partial charge < -0.3 is 19.5 Å². The van der Waals surface area contributed by atoms with Crippen LogP contribution in [0.5, 0.6) is 0 Å². The molecule has 1 fully saturated rings. The van der Waals surface area contributed by atoms with E-state index < -0.39 is 16.9 Å². The Bertz CT molecular complexity index is 1990. The molecule has 0 saturated carbocycles. The fourth-order valence-corrected chi connectivity index (χ4v) is 685. The average molecular weight is 2240 g/mol. The number of amides is 2. The maximum atomic E-state index is 12.3. The highest BCUT2D eigenvalue weighted by atomic mass is 33.5. The van der Waals surface area contributed by atoms with Gasteiger partial charge in [-0.3, -0.25) is 4.90 Å². The first-order valence-electron chi connectivity index (χ1n) is 24.8. The van der Waals surface area contributed by atoms with Crippen LogP contribution in [0, 0.1) is 0 Å². The van der Waals surface area contributed by atoms with E-state index in [0.29, 0.717) is 12.8 Å². The zero-order chi connectivity index (χ0) is 72.9. The van der Waals surface area contributed by atoms with Crippen molar-refractivity contribution in [1.82, 2.24) is 10.2 Å². The molecule has 9 nitrogen and oxygen atoms in total. The topological polar surface area (TPSA) is 111 Å². The second-order valence-electron chi connectivity index (χ2n) is 19.5. The smallest absolute Gasteiger partial charge is 0.412 e. The highest BCUT2D eigenvalue weighted by Crippen LogP contribution is 3.38. The summed E-state index contributed by atoms with van der Waals surface area (Å²) in [6.45, 7) is 29.0. The SMILES string of the molecule is C=CC[C@H](NC(=O)OC(C)(C)C)/C(C)=C/CC.C=CC[C@H]1[C@H](C)OC(C)(C)N1C(=O)OC(C)(C)C.O=C=O.PP(P)P(P(P)P)P(P(P)P)P(P(P(P)P)P(P)P)P(P(P)P)P(P)P.PPP(P)P(P(P(P)P)P(P)P)P(P(P(P)P)P(P)P)P(P(P)P)P(P)P. The van der Waals surface area contributed by atoms with Crippen LogP contribution < -0.4 is 5.32 Å². The molecule has 0 aromatic heterocycles. The summed E-state index contributed by atoms with van der Waals surface area (Å²) in [6.07, 6.45) is 7.59. The van der Waals surface area contributed by atoms with Gasteiger partial charge in [-0.05, 0) is 256 Å². The van der Waals surface area contributed by atoms with Crippen LogP contribution >= 0.6 is 426 Å². The van der Waals surface area contributed by atoms with Gasteiger partial charge in [-0.1, -0.05) is 38.7 Å². The van der Waals surface area contributed by atoms with Crippen molar-refractivity contribution in [1.29, 1.82) is 0 Å². The zero-order valence-electron chi connectivity index (χ0n) is 52.7. The van der Waals surface area contributed by atoms with Gasteiger partial charge in [-0.25, -0.2) is 9.59 Å². The highest BCUT2D eigenvalue weighted by molar-refractivity contribution is 9.43. The normalized spacial score (nSPS) is 17.3. The molecule has 91 heavy (non-hydrogen) atoms. The highest BCUT2D eigenvalue weighted by Gasteiger charge is 2.51. The number of nitrogens with zero attached hydrogens (tertiary/aromatic N) is 1. The van der Waals surface area contributed by atoms with Gasteiger partial charge in [0.15, 0.2) is 0 Å². The van der Waals surface area contributed by atoms with Crippen LogP contribution in [-0.4, -0.2) is 58.4 Å². The van der Waals surface area contributed by atoms with E-state index in [4.69, 9.17) is 23.8 Å². The molecule has 0 spiro atoms. The predicted octanol–water partition coefficient (Wildman–Crippen LogP) is 36.9. The molecule has 62 heteroatoms. The summed E-state index contributed by atoms with van der Waals surface area (Å²) in [6, 6.07) is -0.0466. The summed E-state index contributed by atoms with van der Waals surface area (Å²) < 4.78 is 16.5. The van der Waals surface area contributed by atoms with Gasteiger partial charge in [-0.15, -0.1) is 263 Å². The third kappa shape index (κ3) is 50.0. The molecule has 540 valence electrons. The van der Waals surface area contributed by atoms with Crippen LogP contribution in [0.3, 0.4) is 0 Å². The van der Waals surface area contributed by atoms with Crippen molar-refractivity contribution in [3.63, 3.8) is 0 Å². The Labute approximate surface area is 647 Å².